The molecule has 0 nitrogen and oxygen atoms in total. The van der Waals surface area contributed by atoms with Crippen molar-refractivity contribution < 1.29 is 4.39 Å². The maximum atomic E-state index is 12.5. The summed E-state index contributed by atoms with van der Waals surface area (Å²) < 4.78 is 12.5. The zero-order valence-corrected chi connectivity index (χ0v) is 9.05. The second-order valence-corrected chi connectivity index (χ2v) is 2.96. The molecule has 0 N–H and O–H groups in total. The molecule has 0 atom stereocenters. The van der Waals surface area contributed by atoms with Crippen molar-refractivity contribution in [1.29, 1.82) is 0 Å². The molecule has 0 aliphatic rings. The van der Waals surface area contributed by atoms with Gasteiger partial charge < -0.3 is 0 Å². The van der Waals surface area contributed by atoms with Gasteiger partial charge in [0.1, 0.15) is 0 Å². The highest BCUT2D eigenvalue weighted by Gasteiger charge is 1.91. The average molecular weight is 192 g/mol. The average Bonchev–Trinajstić information content (AvgIpc) is 2.15. The molecule has 0 heterocycles. The maximum Gasteiger partial charge on any atom is 0.0968 e. The normalized spacial score (nSPS) is 15.0. The van der Waals surface area contributed by atoms with Gasteiger partial charge in [-0.15, -0.1) is 0 Å². The van der Waals surface area contributed by atoms with Crippen LogP contribution in [0.25, 0.3) is 0 Å². The van der Waals surface area contributed by atoms with Crippen LogP contribution >= 0.6 is 0 Å². The highest BCUT2D eigenvalue weighted by molar-refractivity contribution is 5.41. The van der Waals surface area contributed by atoms with Gasteiger partial charge in [0.2, 0.25) is 0 Å². The van der Waals surface area contributed by atoms with E-state index < -0.39 is 0 Å². The van der Waals surface area contributed by atoms with Crippen LogP contribution in [0.5, 0.6) is 0 Å². The van der Waals surface area contributed by atoms with Crippen LogP contribution in [0.2, 0.25) is 0 Å². The lowest BCUT2D eigenvalue weighted by molar-refractivity contribution is 0.640. The highest BCUT2D eigenvalue weighted by atomic mass is 19.1. The van der Waals surface area contributed by atoms with E-state index in [1.165, 1.54) is 13.0 Å². The van der Waals surface area contributed by atoms with Gasteiger partial charge in [-0.25, -0.2) is 4.39 Å². The van der Waals surface area contributed by atoms with Gasteiger partial charge in [-0.2, -0.15) is 0 Å². The molecule has 0 saturated heterocycles. The molecule has 0 spiro atoms. The summed E-state index contributed by atoms with van der Waals surface area (Å²) in [7, 11) is 0. The Labute approximate surface area is 85.8 Å². The molecule has 0 fully saturated rings. The molecular formula is C13H17F. The van der Waals surface area contributed by atoms with Gasteiger partial charge in [-0.05, 0) is 38.0 Å². The number of halogens is 1. The van der Waals surface area contributed by atoms with E-state index in [1.807, 2.05) is 32.1 Å². The monoisotopic (exact) mass is 192 g/mol. The third-order valence-corrected chi connectivity index (χ3v) is 1.71. The molecule has 0 unspecified atom stereocenters. The molecule has 0 rings (SSSR count). The van der Waals surface area contributed by atoms with Crippen molar-refractivity contribution in [3.63, 3.8) is 0 Å². The molecule has 0 saturated carbocycles. The Kier molecular flexibility index (Phi) is 6.38. The summed E-state index contributed by atoms with van der Waals surface area (Å²) in [5.41, 5.74) is 2.00. The lowest BCUT2D eigenvalue weighted by Crippen LogP contribution is -1.79. The Morgan fingerprint density at radius 2 is 1.79 bits per heavy atom. The molecule has 0 aromatic rings. The Bertz CT molecular complexity index is 297. The maximum absolute atomic E-state index is 12.5. The van der Waals surface area contributed by atoms with E-state index in [2.05, 4.69) is 6.58 Å². The SMILES string of the molecule is C=CC(=C\C=C(/C)F)/C(C)=C/C=C\C. The van der Waals surface area contributed by atoms with E-state index in [-0.39, 0.29) is 5.83 Å². The fourth-order valence-electron chi connectivity index (χ4n) is 0.902. The Morgan fingerprint density at radius 1 is 1.14 bits per heavy atom. The summed E-state index contributed by atoms with van der Waals surface area (Å²) in [6, 6.07) is 0. The topological polar surface area (TPSA) is 0 Å². The van der Waals surface area contributed by atoms with Crippen molar-refractivity contribution in [2.75, 3.05) is 0 Å². The minimum Gasteiger partial charge on any atom is -0.212 e. The largest absolute Gasteiger partial charge is 0.212 e. The third kappa shape index (κ3) is 5.31. The Morgan fingerprint density at radius 3 is 2.21 bits per heavy atom. The van der Waals surface area contributed by atoms with Crippen LogP contribution in [0, 0.1) is 0 Å². The first-order valence-electron chi connectivity index (χ1n) is 4.58. The van der Waals surface area contributed by atoms with E-state index in [4.69, 9.17) is 0 Å². The van der Waals surface area contributed by atoms with Gasteiger partial charge in [0.15, 0.2) is 0 Å². The minimum atomic E-state index is -0.205. The molecule has 0 aliphatic heterocycles. The van der Waals surface area contributed by atoms with Crippen molar-refractivity contribution in [3.8, 4) is 0 Å². The van der Waals surface area contributed by atoms with Crippen LogP contribution in [0.15, 0.2) is 60.0 Å². The van der Waals surface area contributed by atoms with E-state index in [1.54, 1.807) is 12.2 Å². The van der Waals surface area contributed by atoms with Gasteiger partial charge in [0, 0.05) is 0 Å². The molecular weight excluding hydrogens is 175 g/mol. The van der Waals surface area contributed by atoms with Crippen LogP contribution in [-0.2, 0) is 0 Å². The van der Waals surface area contributed by atoms with Crippen LogP contribution in [0.3, 0.4) is 0 Å². The summed E-state index contributed by atoms with van der Waals surface area (Å²) in [5, 5.41) is 0. The fourth-order valence-corrected chi connectivity index (χ4v) is 0.902. The first-order valence-corrected chi connectivity index (χ1v) is 4.58. The molecule has 1 heteroatoms. The van der Waals surface area contributed by atoms with Crippen LogP contribution in [0.1, 0.15) is 20.8 Å². The van der Waals surface area contributed by atoms with Crippen molar-refractivity contribution in [3.05, 3.63) is 60.0 Å². The molecule has 0 radical (unpaired) electrons. The van der Waals surface area contributed by atoms with E-state index >= 15 is 0 Å². The number of hydrogen-bond donors (Lipinski definition) is 0. The molecule has 14 heavy (non-hydrogen) atoms. The van der Waals surface area contributed by atoms with Gasteiger partial charge in [0.25, 0.3) is 0 Å². The third-order valence-electron chi connectivity index (χ3n) is 1.71. The number of hydrogen-bond acceptors (Lipinski definition) is 0. The van der Waals surface area contributed by atoms with Crippen molar-refractivity contribution in [1.82, 2.24) is 0 Å². The van der Waals surface area contributed by atoms with Crippen LogP contribution < -0.4 is 0 Å². The van der Waals surface area contributed by atoms with Gasteiger partial charge in [-0.1, -0.05) is 37.0 Å². The van der Waals surface area contributed by atoms with E-state index in [0.717, 1.165) is 11.1 Å². The van der Waals surface area contributed by atoms with Gasteiger partial charge >= 0.3 is 0 Å². The number of rotatable bonds is 4. The summed E-state index contributed by atoms with van der Waals surface area (Å²) >= 11 is 0. The van der Waals surface area contributed by atoms with Gasteiger partial charge in [0.05, 0.1) is 5.83 Å². The zero-order chi connectivity index (χ0) is 11.0. The van der Waals surface area contributed by atoms with E-state index in [9.17, 15) is 4.39 Å². The smallest absolute Gasteiger partial charge is 0.0968 e. The van der Waals surface area contributed by atoms with Gasteiger partial charge in [-0.3, -0.25) is 0 Å². The van der Waals surface area contributed by atoms with Crippen molar-refractivity contribution in [2.45, 2.75) is 20.8 Å². The predicted molar refractivity (Wildman–Crippen MR) is 61.7 cm³/mol. The molecule has 0 amide bonds. The molecule has 0 bridgehead atoms. The first kappa shape index (κ1) is 12.6. The fraction of sp³-hybridized carbons (Fsp3) is 0.231. The summed E-state index contributed by atoms with van der Waals surface area (Å²) in [5.74, 6) is -0.205. The van der Waals surface area contributed by atoms with Crippen LogP contribution in [-0.4, -0.2) is 0 Å². The molecule has 76 valence electrons. The summed E-state index contributed by atoms with van der Waals surface area (Å²) in [6.45, 7) is 9.02. The van der Waals surface area contributed by atoms with Crippen molar-refractivity contribution in [2.24, 2.45) is 0 Å². The summed E-state index contributed by atoms with van der Waals surface area (Å²) in [4.78, 5) is 0. The minimum absolute atomic E-state index is 0.205. The number of allylic oxidation sites excluding steroid dienone is 9. The predicted octanol–water partition coefficient (Wildman–Crippen LogP) is 4.49. The zero-order valence-electron chi connectivity index (χ0n) is 9.05. The summed E-state index contributed by atoms with van der Waals surface area (Å²) in [6.07, 6.45) is 10.7. The highest BCUT2D eigenvalue weighted by Crippen LogP contribution is 2.11. The quantitative estimate of drug-likeness (QED) is 0.575. The standard InChI is InChI=1S/C13H17F/c1-5-7-8-11(3)13(6-2)10-9-12(4)14/h5-10H,2H2,1,3-4H3/b7-5-,11-8+,12-9+,13-10+. The molecule has 0 aliphatic carbocycles. The molecule has 0 aromatic carbocycles. The first-order chi connectivity index (χ1) is 6.61. The lowest BCUT2D eigenvalue weighted by atomic mass is 10.1. The van der Waals surface area contributed by atoms with Crippen molar-refractivity contribution >= 4 is 0 Å². The Balaban J connectivity index is 4.81. The van der Waals surface area contributed by atoms with Crippen LogP contribution in [0.4, 0.5) is 4.39 Å². The Hall–Kier alpha value is -1.37. The second-order valence-electron chi connectivity index (χ2n) is 2.96. The second kappa shape index (κ2) is 7.07. The van der Waals surface area contributed by atoms with E-state index in [0.29, 0.717) is 0 Å². The lowest BCUT2D eigenvalue weighted by Gasteiger charge is -1.99. The molecule has 0 aromatic heterocycles.